The number of amides is 2. The number of rotatable bonds is 6. The topological polar surface area (TPSA) is 104 Å². The highest BCUT2D eigenvalue weighted by molar-refractivity contribution is 5.97. The number of carbonyl (C=O) groups excluding carboxylic acids is 3. The Morgan fingerprint density at radius 2 is 1.61 bits per heavy atom. The molecular formula is C23H24N2O8. The largest absolute Gasteiger partial charge is 0.493 e. The van der Waals surface area contributed by atoms with Gasteiger partial charge in [-0.3, -0.25) is 19.4 Å². The third kappa shape index (κ3) is 4.50. The van der Waals surface area contributed by atoms with Crippen molar-refractivity contribution in [3.8, 4) is 28.7 Å². The van der Waals surface area contributed by atoms with E-state index >= 15 is 0 Å². The summed E-state index contributed by atoms with van der Waals surface area (Å²) in [4.78, 5) is 37.8. The zero-order valence-corrected chi connectivity index (χ0v) is 18.6. The first-order valence-electron chi connectivity index (χ1n) is 10.4. The number of ether oxygens (including phenoxy) is 5. The van der Waals surface area contributed by atoms with Crippen molar-refractivity contribution < 1.29 is 38.1 Å². The molecular weight excluding hydrogens is 432 g/mol. The van der Waals surface area contributed by atoms with Crippen LogP contribution in [-0.2, 0) is 16.0 Å². The predicted octanol–water partition coefficient (Wildman–Crippen LogP) is 2.19. The lowest BCUT2D eigenvalue weighted by atomic mass is 10.1. The van der Waals surface area contributed by atoms with Gasteiger partial charge in [-0.2, -0.15) is 0 Å². The minimum absolute atomic E-state index is 0.0845. The first-order valence-corrected chi connectivity index (χ1v) is 10.4. The molecule has 0 atom stereocenters. The molecule has 0 aliphatic carbocycles. The summed E-state index contributed by atoms with van der Waals surface area (Å²) in [6, 6.07) is 8.26. The molecule has 0 spiro atoms. The molecule has 0 aromatic heterocycles. The van der Waals surface area contributed by atoms with Crippen LogP contribution >= 0.6 is 0 Å². The molecule has 33 heavy (non-hydrogen) atoms. The fourth-order valence-corrected chi connectivity index (χ4v) is 3.80. The van der Waals surface area contributed by atoms with E-state index in [4.69, 9.17) is 23.7 Å². The maximum Gasteiger partial charge on any atom is 0.308 e. The van der Waals surface area contributed by atoms with E-state index in [0.717, 1.165) is 5.56 Å². The van der Waals surface area contributed by atoms with Gasteiger partial charge in [-0.05, 0) is 36.2 Å². The van der Waals surface area contributed by atoms with Crippen molar-refractivity contribution >= 4 is 17.8 Å². The van der Waals surface area contributed by atoms with E-state index in [1.807, 2.05) is 0 Å². The Bertz CT molecular complexity index is 1070. The maximum absolute atomic E-state index is 13.3. The van der Waals surface area contributed by atoms with Crippen LogP contribution in [0.4, 0.5) is 0 Å². The van der Waals surface area contributed by atoms with Gasteiger partial charge in [0.25, 0.3) is 5.91 Å². The number of nitrogens with zero attached hydrogens (tertiary/aromatic N) is 2. The lowest BCUT2D eigenvalue weighted by molar-refractivity contribution is -0.139. The van der Waals surface area contributed by atoms with Gasteiger partial charge in [-0.25, -0.2) is 5.01 Å². The van der Waals surface area contributed by atoms with Crippen LogP contribution in [0.2, 0.25) is 0 Å². The van der Waals surface area contributed by atoms with Gasteiger partial charge >= 0.3 is 5.97 Å². The zero-order valence-electron chi connectivity index (χ0n) is 18.6. The molecule has 10 nitrogen and oxygen atoms in total. The number of hydrogen-bond acceptors (Lipinski definition) is 8. The average molecular weight is 456 g/mol. The summed E-state index contributed by atoms with van der Waals surface area (Å²) in [5.41, 5.74) is 1.00. The summed E-state index contributed by atoms with van der Waals surface area (Å²) in [7, 11) is 2.79. The molecule has 2 aromatic carbocycles. The third-order valence-corrected chi connectivity index (χ3v) is 5.30. The van der Waals surface area contributed by atoms with Gasteiger partial charge in [0.15, 0.2) is 23.0 Å². The van der Waals surface area contributed by atoms with Crippen molar-refractivity contribution in [2.75, 3.05) is 34.1 Å². The van der Waals surface area contributed by atoms with Gasteiger partial charge in [-0.1, -0.05) is 6.07 Å². The van der Waals surface area contributed by atoms with E-state index < -0.39 is 11.9 Å². The second kappa shape index (κ2) is 9.27. The molecule has 0 radical (unpaired) electrons. The van der Waals surface area contributed by atoms with Gasteiger partial charge in [-0.15, -0.1) is 0 Å². The van der Waals surface area contributed by atoms with Crippen LogP contribution < -0.4 is 23.7 Å². The van der Waals surface area contributed by atoms with Gasteiger partial charge in [0, 0.05) is 25.6 Å². The molecule has 1 saturated heterocycles. The number of hydrazine groups is 1. The van der Waals surface area contributed by atoms with Crippen molar-refractivity contribution in [3.05, 3.63) is 41.5 Å². The third-order valence-electron chi connectivity index (χ3n) is 5.30. The van der Waals surface area contributed by atoms with Crippen molar-refractivity contribution in [1.29, 1.82) is 0 Å². The number of hydrogen-bond donors (Lipinski definition) is 0. The summed E-state index contributed by atoms with van der Waals surface area (Å²) in [5.74, 6) is 0.515. The van der Waals surface area contributed by atoms with Gasteiger partial charge < -0.3 is 23.7 Å². The second-order valence-electron chi connectivity index (χ2n) is 7.47. The molecule has 2 aliphatic rings. The van der Waals surface area contributed by atoms with E-state index in [-0.39, 0.29) is 41.9 Å². The van der Waals surface area contributed by atoms with E-state index in [0.29, 0.717) is 31.0 Å². The minimum atomic E-state index is -0.550. The molecule has 2 aromatic rings. The van der Waals surface area contributed by atoms with E-state index in [2.05, 4.69) is 0 Å². The average Bonchev–Trinajstić information content (AvgIpc) is 3.47. The van der Waals surface area contributed by atoms with E-state index in [1.165, 1.54) is 43.3 Å². The molecule has 2 heterocycles. The molecule has 0 N–H and O–H groups in total. The molecule has 1 fully saturated rings. The Balaban J connectivity index is 1.55. The SMILES string of the molecule is COc1cc(C(=O)N2CCCN2C(=O)Cc2ccc3c(c2)OCO3)cc(OC)c1OC(C)=O. The number of methoxy groups -OCH3 is 2. The van der Waals surface area contributed by atoms with Gasteiger partial charge in [0.1, 0.15) is 0 Å². The molecule has 4 rings (SSSR count). The maximum atomic E-state index is 13.3. The van der Waals surface area contributed by atoms with Crippen LogP contribution in [0.3, 0.4) is 0 Å². The predicted molar refractivity (Wildman–Crippen MR) is 114 cm³/mol. The lowest BCUT2D eigenvalue weighted by Crippen LogP contribution is -2.45. The van der Waals surface area contributed by atoms with Gasteiger partial charge in [0.05, 0.1) is 20.6 Å². The summed E-state index contributed by atoms with van der Waals surface area (Å²) >= 11 is 0. The van der Waals surface area contributed by atoms with E-state index in [9.17, 15) is 14.4 Å². The summed E-state index contributed by atoms with van der Waals surface area (Å²) in [6.45, 7) is 2.23. The molecule has 0 saturated carbocycles. The van der Waals surface area contributed by atoms with Crippen molar-refractivity contribution in [3.63, 3.8) is 0 Å². The van der Waals surface area contributed by atoms with Crippen molar-refractivity contribution in [1.82, 2.24) is 10.0 Å². The van der Waals surface area contributed by atoms with E-state index in [1.54, 1.807) is 18.2 Å². The molecule has 2 aliphatic heterocycles. The fraction of sp³-hybridized carbons (Fsp3) is 0.348. The molecule has 0 unspecified atom stereocenters. The van der Waals surface area contributed by atoms with Crippen molar-refractivity contribution in [2.24, 2.45) is 0 Å². The lowest BCUT2D eigenvalue weighted by Gasteiger charge is -2.28. The summed E-state index contributed by atoms with van der Waals surface area (Å²) in [5, 5.41) is 2.86. The number of esters is 1. The molecule has 0 bridgehead atoms. The van der Waals surface area contributed by atoms with Crippen molar-refractivity contribution in [2.45, 2.75) is 19.8 Å². The summed E-state index contributed by atoms with van der Waals surface area (Å²) in [6.07, 6.45) is 0.761. The number of carbonyl (C=O) groups is 3. The molecule has 2 amide bonds. The van der Waals surface area contributed by atoms with Crippen LogP contribution in [0, 0.1) is 0 Å². The molecule has 174 valence electrons. The fourth-order valence-electron chi connectivity index (χ4n) is 3.80. The highest BCUT2D eigenvalue weighted by Crippen LogP contribution is 2.39. The monoisotopic (exact) mass is 456 g/mol. The zero-order chi connectivity index (χ0) is 23.5. The normalized spacial score (nSPS) is 14.3. The van der Waals surface area contributed by atoms with Crippen LogP contribution in [0.25, 0.3) is 0 Å². The smallest absolute Gasteiger partial charge is 0.308 e. The quantitative estimate of drug-likeness (QED) is 0.481. The molecule has 10 heteroatoms. The highest BCUT2D eigenvalue weighted by atomic mass is 16.7. The van der Waals surface area contributed by atoms with Crippen LogP contribution in [-0.4, -0.2) is 61.9 Å². The Labute approximate surface area is 190 Å². The number of benzene rings is 2. The first kappa shape index (κ1) is 22.3. The Morgan fingerprint density at radius 3 is 2.27 bits per heavy atom. The number of fused-ring (bicyclic) bond motifs is 1. The Kier molecular flexibility index (Phi) is 6.25. The van der Waals surface area contributed by atoms with Crippen LogP contribution in [0.5, 0.6) is 28.7 Å². The first-order chi connectivity index (χ1) is 15.9. The summed E-state index contributed by atoms with van der Waals surface area (Å²) < 4.78 is 26.5. The standard InChI is InChI=1S/C23H24N2O8/c1-14(26)33-22-19(29-2)11-16(12-20(22)30-3)23(28)25-8-4-7-24(25)21(27)10-15-5-6-17-18(9-15)32-13-31-17/h5-6,9,11-12H,4,7-8,10,13H2,1-3H3. The second-order valence-corrected chi connectivity index (χ2v) is 7.47. The van der Waals surface area contributed by atoms with Crippen LogP contribution in [0.1, 0.15) is 29.3 Å². The van der Waals surface area contributed by atoms with Gasteiger partial charge in [0.2, 0.25) is 18.4 Å². The highest BCUT2D eigenvalue weighted by Gasteiger charge is 2.32. The minimum Gasteiger partial charge on any atom is -0.493 e. The Hall–Kier alpha value is -3.95. The Morgan fingerprint density at radius 1 is 0.939 bits per heavy atom. The van der Waals surface area contributed by atoms with Crippen LogP contribution in [0.15, 0.2) is 30.3 Å².